The summed E-state index contributed by atoms with van der Waals surface area (Å²) in [6.07, 6.45) is 0. The summed E-state index contributed by atoms with van der Waals surface area (Å²) in [5.41, 5.74) is 0.822. The number of nitrogens with zero attached hydrogens (tertiary/aromatic N) is 4. The van der Waals surface area contributed by atoms with Crippen LogP contribution in [0.15, 0.2) is 53.3 Å². The van der Waals surface area contributed by atoms with Gasteiger partial charge < -0.3 is 5.32 Å². The van der Waals surface area contributed by atoms with Crippen LogP contribution < -0.4 is 10.9 Å². The van der Waals surface area contributed by atoms with Crippen LogP contribution in [0.1, 0.15) is 5.56 Å². The second-order valence-corrected chi connectivity index (χ2v) is 4.77. The molecule has 3 rings (SSSR count). The highest BCUT2D eigenvalue weighted by molar-refractivity contribution is 5.92. The van der Waals surface area contributed by atoms with Crippen LogP contribution in [0.4, 0.5) is 5.69 Å². The second kappa shape index (κ2) is 6.07. The molecule has 0 radical (unpaired) electrons. The molecule has 1 N–H and O–H groups in total. The van der Waals surface area contributed by atoms with E-state index in [2.05, 4.69) is 15.6 Å². The zero-order chi connectivity index (χ0) is 16.2. The Hall–Kier alpha value is -3.53. The topological polar surface area (TPSA) is 101 Å². The number of para-hydroxylation sites is 1. The molecule has 0 bridgehead atoms. The molecule has 7 heteroatoms. The minimum atomic E-state index is -0.459. The van der Waals surface area contributed by atoms with Gasteiger partial charge in [0.1, 0.15) is 18.1 Å². The van der Waals surface area contributed by atoms with Crippen molar-refractivity contribution in [1.82, 2.24) is 15.0 Å². The molecule has 1 aromatic heterocycles. The van der Waals surface area contributed by atoms with Gasteiger partial charge in [0.15, 0.2) is 0 Å². The van der Waals surface area contributed by atoms with E-state index in [4.69, 9.17) is 5.26 Å². The number of hydrogen-bond acceptors (Lipinski definition) is 5. The number of nitrogens with one attached hydrogen (secondary N) is 1. The third kappa shape index (κ3) is 2.91. The Balaban J connectivity index is 1.85. The van der Waals surface area contributed by atoms with Crippen molar-refractivity contribution in [2.45, 2.75) is 6.54 Å². The lowest BCUT2D eigenvalue weighted by molar-refractivity contribution is -0.117. The molecule has 0 aliphatic carbocycles. The summed E-state index contributed by atoms with van der Waals surface area (Å²) in [4.78, 5) is 24.4. The molecule has 7 nitrogen and oxygen atoms in total. The highest BCUT2D eigenvalue weighted by Gasteiger charge is 2.11. The van der Waals surface area contributed by atoms with Crippen molar-refractivity contribution in [3.63, 3.8) is 0 Å². The molecule has 1 heterocycles. The van der Waals surface area contributed by atoms with Gasteiger partial charge in [0, 0.05) is 0 Å². The summed E-state index contributed by atoms with van der Waals surface area (Å²) in [6.45, 7) is -0.281. The number of aromatic nitrogens is 3. The molecule has 0 saturated heterocycles. The first-order valence-corrected chi connectivity index (χ1v) is 6.80. The Morgan fingerprint density at radius 2 is 1.91 bits per heavy atom. The van der Waals surface area contributed by atoms with Crippen molar-refractivity contribution in [1.29, 1.82) is 5.26 Å². The van der Waals surface area contributed by atoms with Crippen LogP contribution in [0.5, 0.6) is 0 Å². The summed E-state index contributed by atoms with van der Waals surface area (Å²) >= 11 is 0. The highest BCUT2D eigenvalue weighted by atomic mass is 16.2. The molecule has 1 amide bonds. The Kier molecular flexibility index (Phi) is 3.80. The number of carbonyl (C=O) groups is 1. The standard InChI is InChI=1S/C16H11N5O2/c17-9-11-5-1-3-7-13(11)18-15(22)10-21-16(23)12-6-2-4-8-14(12)19-20-21/h1-8H,10H2,(H,18,22). The highest BCUT2D eigenvalue weighted by Crippen LogP contribution is 2.13. The zero-order valence-electron chi connectivity index (χ0n) is 11.9. The number of carbonyl (C=O) groups excluding carboxylic acids is 1. The Bertz CT molecular complexity index is 987. The quantitative estimate of drug-likeness (QED) is 0.786. The molecule has 0 spiro atoms. The molecule has 0 aliphatic heterocycles. The number of fused-ring (bicyclic) bond motifs is 1. The fourth-order valence-electron chi connectivity index (χ4n) is 2.14. The van der Waals surface area contributed by atoms with Gasteiger partial charge in [-0.25, -0.2) is 4.68 Å². The average molecular weight is 305 g/mol. The number of rotatable bonds is 3. The summed E-state index contributed by atoms with van der Waals surface area (Å²) in [6, 6.07) is 15.4. The Morgan fingerprint density at radius 1 is 1.17 bits per heavy atom. The average Bonchev–Trinajstić information content (AvgIpc) is 2.58. The number of hydrogen-bond donors (Lipinski definition) is 1. The van der Waals surface area contributed by atoms with E-state index in [1.807, 2.05) is 6.07 Å². The molecule has 0 aliphatic rings. The van der Waals surface area contributed by atoms with E-state index in [9.17, 15) is 9.59 Å². The summed E-state index contributed by atoms with van der Waals surface area (Å²) < 4.78 is 0.993. The van der Waals surface area contributed by atoms with Gasteiger partial charge >= 0.3 is 0 Å². The third-order valence-corrected chi connectivity index (χ3v) is 3.24. The van der Waals surface area contributed by atoms with Crippen molar-refractivity contribution in [2.75, 3.05) is 5.32 Å². The fourth-order valence-corrected chi connectivity index (χ4v) is 2.14. The molecule has 0 saturated carbocycles. The first-order chi connectivity index (χ1) is 11.2. The van der Waals surface area contributed by atoms with Crippen LogP contribution >= 0.6 is 0 Å². The van der Waals surface area contributed by atoms with Crippen molar-refractivity contribution in [3.05, 3.63) is 64.4 Å². The second-order valence-electron chi connectivity index (χ2n) is 4.77. The van der Waals surface area contributed by atoms with Crippen molar-refractivity contribution >= 4 is 22.5 Å². The maximum atomic E-state index is 12.3. The van der Waals surface area contributed by atoms with E-state index in [0.717, 1.165) is 4.68 Å². The van der Waals surface area contributed by atoms with Crippen molar-refractivity contribution in [2.24, 2.45) is 0 Å². The minimum absolute atomic E-state index is 0.281. The molecular formula is C16H11N5O2. The van der Waals surface area contributed by atoms with Gasteiger partial charge in [0.25, 0.3) is 5.56 Å². The predicted molar refractivity (Wildman–Crippen MR) is 83.6 cm³/mol. The number of nitriles is 1. The molecular weight excluding hydrogens is 294 g/mol. The summed E-state index contributed by atoms with van der Waals surface area (Å²) in [7, 11) is 0. The van der Waals surface area contributed by atoms with Gasteiger partial charge in [-0.1, -0.05) is 29.5 Å². The lowest BCUT2D eigenvalue weighted by Crippen LogP contribution is -2.30. The Morgan fingerprint density at radius 3 is 2.74 bits per heavy atom. The molecule has 0 unspecified atom stereocenters. The first-order valence-electron chi connectivity index (χ1n) is 6.80. The normalized spacial score (nSPS) is 10.2. The van der Waals surface area contributed by atoms with Gasteiger partial charge in [-0.2, -0.15) is 5.26 Å². The number of anilines is 1. The van der Waals surface area contributed by atoms with Crippen LogP contribution in [-0.2, 0) is 11.3 Å². The molecule has 112 valence electrons. The third-order valence-electron chi connectivity index (χ3n) is 3.24. The van der Waals surface area contributed by atoms with E-state index in [1.54, 1.807) is 48.5 Å². The molecule has 3 aromatic rings. The first kappa shape index (κ1) is 14.4. The maximum Gasteiger partial charge on any atom is 0.278 e. The maximum absolute atomic E-state index is 12.3. The molecule has 0 atom stereocenters. The van der Waals surface area contributed by atoms with Gasteiger partial charge in [0.05, 0.1) is 16.6 Å². The largest absolute Gasteiger partial charge is 0.323 e. The number of amides is 1. The monoisotopic (exact) mass is 305 g/mol. The smallest absolute Gasteiger partial charge is 0.278 e. The van der Waals surface area contributed by atoms with Gasteiger partial charge in [-0.3, -0.25) is 9.59 Å². The van der Waals surface area contributed by atoms with Gasteiger partial charge in [-0.15, -0.1) is 5.10 Å². The van der Waals surface area contributed by atoms with E-state index in [1.165, 1.54) is 0 Å². The molecule has 23 heavy (non-hydrogen) atoms. The SMILES string of the molecule is N#Cc1ccccc1NC(=O)Cn1nnc2ccccc2c1=O. The van der Waals surface area contributed by atoms with Crippen molar-refractivity contribution in [3.8, 4) is 6.07 Å². The molecule has 0 fully saturated rings. The van der Waals surface area contributed by atoms with Crippen LogP contribution in [-0.4, -0.2) is 20.9 Å². The van der Waals surface area contributed by atoms with Crippen molar-refractivity contribution < 1.29 is 4.79 Å². The van der Waals surface area contributed by atoms with Crippen LogP contribution in [0.3, 0.4) is 0 Å². The van der Waals surface area contributed by atoms with E-state index >= 15 is 0 Å². The lowest BCUT2D eigenvalue weighted by atomic mass is 10.2. The van der Waals surface area contributed by atoms with Gasteiger partial charge in [-0.05, 0) is 24.3 Å². The summed E-state index contributed by atoms with van der Waals surface area (Å²) in [5.74, 6) is -0.459. The van der Waals surface area contributed by atoms with Gasteiger partial charge in [0.2, 0.25) is 5.91 Å². The summed E-state index contributed by atoms with van der Waals surface area (Å²) in [5, 5.41) is 19.7. The van der Waals surface area contributed by atoms with E-state index < -0.39 is 5.91 Å². The fraction of sp³-hybridized carbons (Fsp3) is 0.0625. The number of benzene rings is 2. The Labute approximate surface area is 130 Å². The van der Waals surface area contributed by atoms with Crippen LogP contribution in [0.2, 0.25) is 0 Å². The minimum Gasteiger partial charge on any atom is -0.323 e. The van der Waals surface area contributed by atoms with Crippen LogP contribution in [0, 0.1) is 11.3 Å². The lowest BCUT2D eigenvalue weighted by Gasteiger charge is -2.07. The van der Waals surface area contributed by atoms with Crippen LogP contribution in [0.25, 0.3) is 10.9 Å². The molecule has 2 aromatic carbocycles. The predicted octanol–water partition coefficient (Wildman–Crippen LogP) is 1.30. The zero-order valence-corrected chi connectivity index (χ0v) is 11.9. The van der Waals surface area contributed by atoms with E-state index in [0.29, 0.717) is 22.2 Å². The van der Waals surface area contributed by atoms with E-state index in [-0.39, 0.29) is 12.1 Å².